The van der Waals surface area contributed by atoms with E-state index in [4.69, 9.17) is 10.5 Å². The van der Waals surface area contributed by atoms with Gasteiger partial charge in [0.2, 0.25) is 0 Å². The summed E-state index contributed by atoms with van der Waals surface area (Å²) in [6.45, 7) is 0.371. The van der Waals surface area contributed by atoms with E-state index in [1.165, 1.54) is 17.4 Å². The molecule has 0 fully saturated rings. The van der Waals surface area contributed by atoms with Gasteiger partial charge in [-0.2, -0.15) is 0 Å². The second-order valence-corrected chi connectivity index (χ2v) is 7.49. The number of azo groups is 1. The molecule has 0 spiro atoms. The van der Waals surface area contributed by atoms with Gasteiger partial charge in [0, 0.05) is 10.8 Å². The number of carbonyl (C=O) groups excluding carboxylic acids is 1. The Labute approximate surface area is 181 Å². The first-order valence-electron chi connectivity index (χ1n) is 7.22. The number of fused-ring (bicyclic) bond motifs is 1. The predicted molar refractivity (Wildman–Crippen MR) is 95.7 cm³/mol. The number of nitrogens with two attached hydrogens (primary N) is 1. The molecule has 0 atom stereocenters. The number of rotatable bonds is 6. The van der Waals surface area contributed by atoms with Crippen LogP contribution in [0.5, 0.6) is 0 Å². The van der Waals surface area contributed by atoms with Gasteiger partial charge in [-0.25, -0.2) is 8.42 Å². The van der Waals surface area contributed by atoms with Crippen LogP contribution in [0.3, 0.4) is 0 Å². The molecule has 2 aromatic carbocycles. The zero-order valence-electron chi connectivity index (χ0n) is 14.2. The van der Waals surface area contributed by atoms with Gasteiger partial charge in [-0.15, -0.1) is 21.6 Å². The Balaban J connectivity index is 0.00000261. The summed E-state index contributed by atoms with van der Waals surface area (Å²) in [4.78, 5) is 10.6. The Morgan fingerprint density at radius 1 is 1.15 bits per heavy atom. The molecule has 0 radical (unpaired) electrons. The number of thiophene rings is 1. The summed E-state index contributed by atoms with van der Waals surface area (Å²) in [7, 11) is -4.72. The molecule has 27 heavy (non-hydrogen) atoms. The Hall–Kier alpha value is -1.82. The number of nitrogens with zero attached hydrogens (tertiary/aromatic N) is 2. The van der Waals surface area contributed by atoms with Crippen molar-refractivity contribution in [3.63, 3.8) is 0 Å². The van der Waals surface area contributed by atoms with E-state index in [-0.39, 0.29) is 52.9 Å². The molecule has 0 saturated carbocycles. The summed E-state index contributed by atoms with van der Waals surface area (Å²) in [5.41, 5.74) is 6.79. The van der Waals surface area contributed by atoms with Crippen molar-refractivity contribution in [2.24, 2.45) is 10.2 Å². The molecule has 3 aromatic rings. The summed E-state index contributed by atoms with van der Waals surface area (Å²) < 4.78 is 39.5. The molecule has 0 bridgehead atoms. The topological polar surface area (TPSA) is 134 Å². The van der Waals surface area contributed by atoms with Crippen molar-refractivity contribution in [3.8, 4) is 0 Å². The second kappa shape index (κ2) is 8.91. The fraction of sp³-hybridized carbons (Fsp3) is 0.0625. The maximum Gasteiger partial charge on any atom is 1.00 e. The number of ether oxygens (including phenoxy) is 1. The van der Waals surface area contributed by atoms with Crippen molar-refractivity contribution in [1.29, 1.82) is 0 Å². The number of hydrogen-bond donors (Lipinski definition) is 1. The van der Waals surface area contributed by atoms with E-state index in [2.05, 4.69) is 10.2 Å². The number of hydrogen-bond acceptors (Lipinski definition) is 9. The minimum Gasteiger partial charge on any atom is -0.744 e. The van der Waals surface area contributed by atoms with Crippen LogP contribution < -0.4 is 35.3 Å². The van der Waals surface area contributed by atoms with E-state index in [0.717, 1.165) is 6.07 Å². The van der Waals surface area contributed by atoms with Gasteiger partial charge in [0.15, 0.2) is 0 Å². The quantitative estimate of drug-likeness (QED) is 0.205. The van der Waals surface area contributed by atoms with Crippen LogP contribution in [0.4, 0.5) is 17.1 Å². The van der Waals surface area contributed by atoms with Gasteiger partial charge in [0.25, 0.3) is 6.47 Å². The molecule has 0 aliphatic carbocycles. The molecule has 3 rings (SSSR count). The van der Waals surface area contributed by atoms with E-state index in [1.54, 1.807) is 29.6 Å². The smallest absolute Gasteiger partial charge is 0.744 e. The van der Waals surface area contributed by atoms with Crippen molar-refractivity contribution < 1.29 is 52.1 Å². The number of carbonyl (C=O) groups is 1. The van der Waals surface area contributed by atoms with Crippen LogP contribution >= 0.6 is 11.3 Å². The molecule has 0 aliphatic rings. The minimum absolute atomic E-state index is 0. The third-order valence-electron chi connectivity index (χ3n) is 3.57. The van der Waals surface area contributed by atoms with Crippen LogP contribution in [-0.4, -0.2) is 19.4 Å². The van der Waals surface area contributed by atoms with Gasteiger partial charge >= 0.3 is 29.6 Å². The molecule has 0 unspecified atom stereocenters. The minimum atomic E-state index is -4.72. The van der Waals surface area contributed by atoms with Gasteiger partial charge in [-0.05, 0) is 17.5 Å². The third kappa shape index (κ3) is 4.72. The zero-order chi connectivity index (χ0) is 18.7. The van der Waals surface area contributed by atoms with Gasteiger partial charge in [0.1, 0.15) is 28.1 Å². The Bertz CT molecular complexity index is 1110. The predicted octanol–water partition coefficient (Wildman–Crippen LogP) is 0.480. The van der Waals surface area contributed by atoms with E-state index < -0.39 is 15.0 Å². The fourth-order valence-corrected chi connectivity index (χ4v) is 3.82. The van der Waals surface area contributed by atoms with Gasteiger partial charge in [0.05, 0.1) is 15.5 Å². The Kier molecular flexibility index (Phi) is 7.09. The zero-order valence-corrected chi connectivity index (χ0v) is 17.8. The van der Waals surface area contributed by atoms with Crippen molar-refractivity contribution in [3.05, 3.63) is 46.7 Å². The summed E-state index contributed by atoms with van der Waals surface area (Å²) in [6.07, 6.45) is 0. The van der Waals surface area contributed by atoms with Crippen LogP contribution in [0.2, 0.25) is 0 Å². The van der Waals surface area contributed by atoms with Crippen molar-refractivity contribution in [2.45, 2.75) is 11.5 Å². The van der Waals surface area contributed by atoms with Crippen LogP contribution in [-0.2, 0) is 26.3 Å². The molecule has 0 saturated heterocycles. The Morgan fingerprint density at radius 3 is 2.48 bits per heavy atom. The molecule has 11 heteroatoms. The standard InChI is InChI=1S/C16H13N3O5S2.Na/c17-16-11-4-2-1-3-10(11)15(26(21,22)23)7-13(16)19-18-12-5-6-25-14(12)8-24-9-20;/h1-7,9H,8,17H2,(H,21,22,23);/q;+1/p-1. The van der Waals surface area contributed by atoms with E-state index in [1.807, 2.05) is 0 Å². The van der Waals surface area contributed by atoms with Crippen molar-refractivity contribution in [1.82, 2.24) is 0 Å². The van der Waals surface area contributed by atoms with Crippen molar-refractivity contribution in [2.75, 3.05) is 5.73 Å². The number of anilines is 1. The molecule has 0 aliphatic heterocycles. The SMILES string of the molecule is Nc1c(N=Nc2ccsc2COC=O)cc(S(=O)(=O)[O-])c2ccccc12.[Na+]. The largest absolute Gasteiger partial charge is 1.00 e. The first kappa shape index (κ1) is 21.5. The van der Waals surface area contributed by atoms with Gasteiger partial charge in [-0.1, -0.05) is 24.3 Å². The fourth-order valence-electron chi connectivity index (χ4n) is 2.39. The van der Waals surface area contributed by atoms with Crippen LogP contribution in [0.1, 0.15) is 4.88 Å². The molecule has 1 aromatic heterocycles. The summed E-state index contributed by atoms with van der Waals surface area (Å²) >= 11 is 1.32. The average Bonchev–Trinajstić information content (AvgIpc) is 3.06. The van der Waals surface area contributed by atoms with Crippen molar-refractivity contribution >= 4 is 55.8 Å². The summed E-state index contributed by atoms with van der Waals surface area (Å²) in [5.74, 6) is 0. The average molecular weight is 413 g/mol. The first-order valence-corrected chi connectivity index (χ1v) is 9.51. The number of nitrogen functional groups attached to an aromatic ring is 1. The van der Waals surface area contributed by atoms with E-state index >= 15 is 0 Å². The molecule has 134 valence electrons. The van der Waals surface area contributed by atoms with Crippen LogP contribution in [0.15, 0.2) is 56.9 Å². The molecule has 1 heterocycles. The molecular formula is C16H12N3NaO5S2. The summed E-state index contributed by atoms with van der Waals surface area (Å²) in [6, 6.07) is 9.17. The Morgan fingerprint density at radius 2 is 1.81 bits per heavy atom. The van der Waals surface area contributed by atoms with Gasteiger partial charge in [-0.3, -0.25) is 4.79 Å². The second-order valence-electron chi connectivity index (χ2n) is 5.14. The monoisotopic (exact) mass is 413 g/mol. The van der Waals surface area contributed by atoms with Crippen LogP contribution in [0.25, 0.3) is 10.8 Å². The first-order chi connectivity index (χ1) is 12.4. The van der Waals surface area contributed by atoms with Gasteiger partial charge < -0.3 is 15.0 Å². The molecular weight excluding hydrogens is 401 g/mol. The van der Waals surface area contributed by atoms with E-state index in [0.29, 0.717) is 22.4 Å². The third-order valence-corrected chi connectivity index (χ3v) is 5.33. The normalized spacial score (nSPS) is 11.4. The number of benzene rings is 2. The molecule has 8 nitrogen and oxygen atoms in total. The summed E-state index contributed by atoms with van der Waals surface area (Å²) in [5, 5.41) is 10.4. The van der Waals surface area contributed by atoms with E-state index in [9.17, 15) is 17.8 Å². The maximum absolute atomic E-state index is 11.6. The maximum atomic E-state index is 11.6. The molecule has 2 N–H and O–H groups in total. The van der Waals surface area contributed by atoms with Crippen LogP contribution in [0, 0.1) is 0 Å². The molecule has 0 amide bonds.